The van der Waals surface area contributed by atoms with Gasteiger partial charge in [-0.15, -0.1) is 0 Å². The summed E-state index contributed by atoms with van der Waals surface area (Å²) in [6, 6.07) is 4.14. The average molecular weight is 314 g/mol. The molecule has 0 radical (unpaired) electrons. The molecule has 0 aliphatic carbocycles. The molecule has 0 bridgehead atoms. The van der Waals surface area contributed by atoms with Crippen LogP contribution in [-0.2, 0) is 16.6 Å². The van der Waals surface area contributed by atoms with Crippen LogP contribution in [0.2, 0.25) is 0 Å². The van der Waals surface area contributed by atoms with Gasteiger partial charge in [-0.25, -0.2) is 17.5 Å². The van der Waals surface area contributed by atoms with Gasteiger partial charge in [0, 0.05) is 23.9 Å². The minimum atomic E-state index is -3.72. The van der Waals surface area contributed by atoms with Gasteiger partial charge >= 0.3 is 0 Å². The van der Waals surface area contributed by atoms with E-state index < -0.39 is 15.8 Å². The number of thiocarbonyl (C=S) groups is 1. The van der Waals surface area contributed by atoms with Crippen molar-refractivity contribution >= 4 is 27.2 Å². The van der Waals surface area contributed by atoms with E-state index in [0.717, 1.165) is 6.20 Å². The van der Waals surface area contributed by atoms with Crippen LogP contribution < -0.4 is 10.5 Å². The molecule has 0 aliphatic rings. The topological polar surface area (TPSA) is 101 Å². The second kappa shape index (κ2) is 5.65. The predicted octanol–water partition coefficient (Wildman–Crippen LogP) is 0.661. The molecule has 0 spiro atoms. The Morgan fingerprint density at radius 3 is 2.80 bits per heavy atom. The van der Waals surface area contributed by atoms with E-state index in [1.165, 1.54) is 24.4 Å². The zero-order valence-corrected chi connectivity index (χ0v) is 11.8. The van der Waals surface area contributed by atoms with Crippen molar-refractivity contribution in [2.24, 2.45) is 5.73 Å². The van der Waals surface area contributed by atoms with Crippen molar-refractivity contribution in [2.45, 2.75) is 11.4 Å². The molecule has 1 aromatic carbocycles. The monoisotopic (exact) mass is 314 g/mol. The lowest BCUT2D eigenvalue weighted by Gasteiger charge is -2.07. The summed E-state index contributed by atoms with van der Waals surface area (Å²) in [5, 5.41) is 5.94. The number of sulfonamides is 1. The highest BCUT2D eigenvalue weighted by Gasteiger charge is 2.15. The van der Waals surface area contributed by atoms with Gasteiger partial charge in [0.05, 0.1) is 6.20 Å². The fourth-order valence-corrected chi connectivity index (χ4v) is 2.52. The third-order valence-electron chi connectivity index (χ3n) is 2.57. The molecule has 1 heterocycles. The summed E-state index contributed by atoms with van der Waals surface area (Å²) in [4.78, 5) is 0.0621. The number of hydrogen-bond acceptors (Lipinski definition) is 4. The Labute approximate surface area is 120 Å². The number of nitrogens with one attached hydrogen (secondary N) is 2. The summed E-state index contributed by atoms with van der Waals surface area (Å²) in [6.07, 6.45) is 2.39. The van der Waals surface area contributed by atoms with Gasteiger partial charge in [-0.1, -0.05) is 24.4 Å². The summed E-state index contributed by atoms with van der Waals surface area (Å²) >= 11 is 4.73. The molecule has 0 saturated carbocycles. The maximum atomic E-state index is 13.8. The highest BCUT2D eigenvalue weighted by atomic mass is 32.2. The molecule has 9 heteroatoms. The zero-order chi connectivity index (χ0) is 14.8. The molecule has 106 valence electrons. The fourth-order valence-electron chi connectivity index (χ4n) is 1.49. The summed E-state index contributed by atoms with van der Waals surface area (Å²) in [6.45, 7) is -0.184. The van der Waals surface area contributed by atoms with Gasteiger partial charge in [0.2, 0.25) is 10.0 Å². The number of aromatic nitrogens is 2. The smallest absolute Gasteiger partial charge is 0.243 e. The Morgan fingerprint density at radius 2 is 2.25 bits per heavy atom. The Kier molecular flexibility index (Phi) is 4.12. The molecule has 2 rings (SSSR count). The molecule has 4 N–H and O–H groups in total. The van der Waals surface area contributed by atoms with Crippen LogP contribution in [0.15, 0.2) is 35.5 Å². The number of nitrogens with two attached hydrogens (primary N) is 1. The molecule has 0 saturated heterocycles. The Hall–Kier alpha value is -1.84. The minimum Gasteiger partial charge on any atom is -0.389 e. The molecule has 0 amide bonds. The summed E-state index contributed by atoms with van der Waals surface area (Å²) in [7, 11) is -3.72. The molecular formula is C11H11FN4O2S2. The number of hydrogen-bond donors (Lipinski definition) is 3. The number of benzene rings is 1. The van der Waals surface area contributed by atoms with Crippen LogP contribution in [0, 0.1) is 5.82 Å². The molecule has 2 aromatic rings. The van der Waals surface area contributed by atoms with Crippen LogP contribution in [0.25, 0.3) is 0 Å². The highest BCUT2D eigenvalue weighted by Crippen LogP contribution is 2.12. The molecule has 0 aliphatic heterocycles. The van der Waals surface area contributed by atoms with E-state index in [2.05, 4.69) is 14.9 Å². The third kappa shape index (κ3) is 3.18. The highest BCUT2D eigenvalue weighted by molar-refractivity contribution is 7.89. The van der Waals surface area contributed by atoms with Gasteiger partial charge in [-0.3, -0.25) is 5.10 Å². The SMILES string of the molecule is NC(=S)c1ccc(CNS(=O)(=O)c2cn[nH]c2)c(F)c1. The van der Waals surface area contributed by atoms with Gasteiger partial charge in [0.25, 0.3) is 0 Å². The molecular weight excluding hydrogens is 303 g/mol. The second-order valence-corrected chi connectivity index (χ2v) is 6.14. The Morgan fingerprint density at radius 1 is 1.50 bits per heavy atom. The third-order valence-corrected chi connectivity index (χ3v) is 4.18. The van der Waals surface area contributed by atoms with Crippen molar-refractivity contribution < 1.29 is 12.8 Å². The van der Waals surface area contributed by atoms with E-state index in [4.69, 9.17) is 18.0 Å². The first kappa shape index (κ1) is 14.6. The Balaban J connectivity index is 2.14. The summed E-state index contributed by atoms with van der Waals surface area (Å²) < 4.78 is 39.7. The van der Waals surface area contributed by atoms with Crippen molar-refractivity contribution in [3.63, 3.8) is 0 Å². The van der Waals surface area contributed by atoms with E-state index in [0.29, 0.717) is 5.56 Å². The van der Waals surface area contributed by atoms with Crippen molar-refractivity contribution in [2.75, 3.05) is 0 Å². The second-order valence-electron chi connectivity index (χ2n) is 3.93. The minimum absolute atomic E-state index is 0.0161. The van der Waals surface area contributed by atoms with Crippen LogP contribution in [-0.4, -0.2) is 23.6 Å². The van der Waals surface area contributed by atoms with Gasteiger partial charge in [0.1, 0.15) is 15.7 Å². The number of H-pyrrole nitrogens is 1. The molecule has 0 atom stereocenters. The van der Waals surface area contributed by atoms with Gasteiger partial charge in [-0.05, 0) is 6.07 Å². The van der Waals surface area contributed by atoms with Crippen LogP contribution in [0.4, 0.5) is 4.39 Å². The first-order valence-corrected chi connectivity index (χ1v) is 7.36. The maximum absolute atomic E-state index is 13.8. The van der Waals surface area contributed by atoms with E-state index in [1.54, 1.807) is 0 Å². The number of halogens is 1. The fraction of sp³-hybridized carbons (Fsp3) is 0.0909. The molecule has 6 nitrogen and oxygen atoms in total. The van der Waals surface area contributed by atoms with E-state index in [1.807, 2.05) is 0 Å². The van der Waals surface area contributed by atoms with Gasteiger partial charge in [0.15, 0.2) is 0 Å². The number of nitrogens with zero attached hydrogens (tertiary/aromatic N) is 1. The van der Waals surface area contributed by atoms with Crippen molar-refractivity contribution in [1.29, 1.82) is 0 Å². The van der Waals surface area contributed by atoms with E-state index in [-0.39, 0.29) is 22.0 Å². The predicted molar refractivity (Wildman–Crippen MR) is 74.9 cm³/mol. The molecule has 0 unspecified atom stereocenters. The van der Waals surface area contributed by atoms with E-state index >= 15 is 0 Å². The first-order valence-electron chi connectivity index (χ1n) is 5.47. The molecule has 0 fully saturated rings. The number of aromatic amines is 1. The van der Waals surface area contributed by atoms with Gasteiger partial charge < -0.3 is 5.73 Å². The summed E-state index contributed by atoms with van der Waals surface area (Å²) in [5.74, 6) is -0.579. The normalized spacial score (nSPS) is 11.4. The van der Waals surface area contributed by atoms with E-state index in [9.17, 15) is 12.8 Å². The Bertz CT molecular complexity index is 729. The largest absolute Gasteiger partial charge is 0.389 e. The van der Waals surface area contributed by atoms with Crippen LogP contribution >= 0.6 is 12.2 Å². The van der Waals surface area contributed by atoms with Crippen LogP contribution in [0.3, 0.4) is 0 Å². The lowest BCUT2D eigenvalue weighted by atomic mass is 10.1. The first-order chi connectivity index (χ1) is 9.40. The lowest BCUT2D eigenvalue weighted by molar-refractivity contribution is 0.574. The quantitative estimate of drug-likeness (QED) is 0.704. The van der Waals surface area contributed by atoms with Crippen molar-refractivity contribution in [3.8, 4) is 0 Å². The van der Waals surface area contributed by atoms with Crippen LogP contribution in [0.1, 0.15) is 11.1 Å². The maximum Gasteiger partial charge on any atom is 0.243 e. The standard InChI is InChI=1S/C11H11FN4O2S2/c12-10-3-7(11(13)19)1-2-8(10)4-16-20(17,18)9-5-14-15-6-9/h1-3,5-6,16H,4H2,(H2,13,19)(H,14,15). The van der Waals surface area contributed by atoms with Gasteiger partial charge in [-0.2, -0.15) is 5.10 Å². The average Bonchev–Trinajstić information content (AvgIpc) is 2.91. The lowest BCUT2D eigenvalue weighted by Crippen LogP contribution is -2.23. The van der Waals surface area contributed by atoms with Crippen molar-refractivity contribution in [1.82, 2.24) is 14.9 Å². The number of rotatable bonds is 5. The van der Waals surface area contributed by atoms with Crippen LogP contribution in [0.5, 0.6) is 0 Å². The van der Waals surface area contributed by atoms with Crippen molar-refractivity contribution in [3.05, 3.63) is 47.5 Å². The summed E-state index contributed by atoms with van der Waals surface area (Å²) in [5.41, 5.74) is 5.96. The zero-order valence-electron chi connectivity index (χ0n) is 10.1. The molecule has 1 aromatic heterocycles. The molecule has 20 heavy (non-hydrogen) atoms.